The van der Waals surface area contributed by atoms with Crippen LogP contribution in [0.4, 0.5) is 4.79 Å². The van der Waals surface area contributed by atoms with Gasteiger partial charge in [0.2, 0.25) is 0 Å². The molecule has 1 amide bonds. The Kier molecular flexibility index (Phi) is 10.8. The normalized spacial score (nSPS) is 17.2. The standard InChI is InChI=1S/C19H31NO4/c1-3-5-6-7-8-9-12-16-23-18(21)17-13-10-11-14-20(17)19(22)24-15-4-2/h2,17H,3,5-16H2,1H3. The number of carbonyl (C=O) groups is 2. The van der Waals surface area contributed by atoms with E-state index in [1.165, 1.54) is 37.0 Å². The van der Waals surface area contributed by atoms with Crippen LogP contribution in [-0.2, 0) is 14.3 Å². The smallest absolute Gasteiger partial charge is 0.411 e. The van der Waals surface area contributed by atoms with Crippen molar-refractivity contribution >= 4 is 12.1 Å². The highest BCUT2D eigenvalue weighted by atomic mass is 16.6. The van der Waals surface area contributed by atoms with Gasteiger partial charge in [-0.15, -0.1) is 6.42 Å². The first kappa shape index (κ1) is 20.3. The van der Waals surface area contributed by atoms with Gasteiger partial charge in [-0.3, -0.25) is 4.90 Å². The van der Waals surface area contributed by atoms with Gasteiger partial charge in [0.25, 0.3) is 0 Å². The van der Waals surface area contributed by atoms with E-state index in [0.29, 0.717) is 19.6 Å². The Balaban J connectivity index is 2.26. The zero-order valence-corrected chi connectivity index (χ0v) is 14.9. The second-order valence-corrected chi connectivity index (χ2v) is 6.25. The van der Waals surface area contributed by atoms with E-state index in [2.05, 4.69) is 12.8 Å². The lowest BCUT2D eigenvalue weighted by Crippen LogP contribution is -2.49. The van der Waals surface area contributed by atoms with E-state index in [4.69, 9.17) is 15.9 Å². The third kappa shape index (κ3) is 7.72. The molecule has 1 unspecified atom stereocenters. The van der Waals surface area contributed by atoms with E-state index in [1.807, 2.05) is 0 Å². The second-order valence-electron chi connectivity index (χ2n) is 6.25. The summed E-state index contributed by atoms with van der Waals surface area (Å²) in [6, 6.07) is -0.534. The van der Waals surface area contributed by atoms with Gasteiger partial charge in [0.1, 0.15) is 6.04 Å². The zero-order chi connectivity index (χ0) is 17.6. The van der Waals surface area contributed by atoms with Gasteiger partial charge in [-0.2, -0.15) is 0 Å². The molecule has 0 N–H and O–H groups in total. The van der Waals surface area contributed by atoms with Crippen LogP contribution in [0.3, 0.4) is 0 Å². The number of amides is 1. The molecule has 1 rings (SSSR count). The molecule has 1 fully saturated rings. The van der Waals surface area contributed by atoms with E-state index in [1.54, 1.807) is 0 Å². The lowest BCUT2D eigenvalue weighted by molar-refractivity contribution is -0.150. The molecule has 1 saturated heterocycles. The summed E-state index contributed by atoms with van der Waals surface area (Å²) in [5, 5.41) is 0. The maximum absolute atomic E-state index is 12.2. The first-order valence-electron chi connectivity index (χ1n) is 9.24. The summed E-state index contributed by atoms with van der Waals surface area (Å²) in [5.41, 5.74) is 0. The largest absolute Gasteiger partial charge is 0.464 e. The maximum Gasteiger partial charge on any atom is 0.411 e. The molecule has 0 bridgehead atoms. The van der Waals surface area contributed by atoms with Crippen molar-refractivity contribution in [3.05, 3.63) is 0 Å². The fraction of sp³-hybridized carbons (Fsp3) is 0.789. The number of hydrogen-bond donors (Lipinski definition) is 0. The molecule has 0 aromatic heterocycles. The highest BCUT2D eigenvalue weighted by molar-refractivity contribution is 5.81. The number of esters is 1. The molecule has 0 aliphatic carbocycles. The Morgan fingerprint density at radius 1 is 1.08 bits per heavy atom. The van der Waals surface area contributed by atoms with Crippen LogP contribution in [0.2, 0.25) is 0 Å². The number of rotatable bonds is 10. The predicted molar refractivity (Wildman–Crippen MR) is 93.5 cm³/mol. The van der Waals surface area contributed by atoms with Crippen LogP contribution in [-0.4, -0.2) is 42.8 Å². The van der Waals surface area contributed by atoms with Crippen LogP contribution in [0.15, 0.2) is 0 Å². The summed E-state index contributed by atoms with van der Waals surface area (Å²) in [6.07, 6.45) is 15.2. The Labute approximate surface area is 146 Å². The van der Waals surface area contributed by atoms with Crippen molar-refractivity contribution in [2.45, 2.75) is 77.2 Å². The quantitative estimate of drug-likeness (QED) is 0.345. The Bertz CT molecular complexity index is 416. The van der Waals surface area contributed by atoms with E-state index >= 15 is 0 Å². The third-order valence-corrected chi connectivity index (χ3v) is 4.28. The molecule has 1 aliphatic rings. The topological polar surface area (TPSA) is 55.8 Å². The Morgan fingerprint density at radius 2 is 1.79 bits per heavy atom. The maximum atomic E-state index is 12.2. The van der Waals surface area contributed by atoms with E-state index < -0.39 is 12.1 Å². The molecule has 136 valence electrons. The molecule has 0 aromatic carbocycles. The van der Waals surface area contributed by atoms with Gasteiger partial charge in [-0.1, -0.05) is 51.4 Å². The number of ether oxygens (including phenoxy) is 2. The van der Waals surface area contributed by atoms with Gasteiger partial charge in [-0.05, 0) is 25.7 Å². The molecule has 0 aromatic rings. The monoisotopic (exact) mass is 337 g/mol. The van der Waals surface area contributed by atoms with Gasteiger partial charge in [0, 0.05) is 6.54 Å². The molecule has 1 heterocycles. The summed E-state index contributed by atoms with van der Waals surface area (Å²) in [7, 11) is 0. The molecule has 1 atom stereocenters. The number of nitrogens with zero attached hydrogens (tertiary/aromatic N) is 1. The fourth-order valence-electron chi connectivity index (χ4n) is 2.91. The summed E-state index contributed by atoms with van der Waals surface area (Å²) >= 11 is 0. The van der Waals surface area contributed by atoms with Crippen LogP contribution >= 0.6 is 0 Å². The van der Waals surface area contributed by atoms with E-state index in [-0.39, 0.29) is 12.6 Å². The minimum Gasteiger partial charge on any atom is -0.464 e. The molecular weight excluding hydrogens is 306 g/mol. The van der Waals surface area contributed by atoms with Crippen LogP contribution in [0.5, 0.6) is 0 Å². The lowest BCUT2D eigenvalue weighted by Gasteiger charge is -2.32. The van der Waals surface area contributed by atoms with E-state index in [9.17, 15) is 9.59 Å². The van der Waals surface area contributed by atoms with Crippen molar-refractivity contribution in [2.75, 3.05) is 19.8 Å². The molecule has 0 saturated carbocycles. The van der Waals surface area contributed by atoms with Crippen molar-refractivity contribution in [3.8, 4) is 12.3 Å². The average molecular weight is 337 g/mol. The Morgan fingerprint density at radius 3 is 2.50 bits per heavy atom. The second kappa shape index (κ2) is 12.7. The molecule has 0 radical (unpaired) electrons. The van der Waals surface area contributed by atoms with Gasteiger partial charge < -0.3 is 9.47 Å². The summed E-state index contributed by atoms with van der Waals surface area (Å²) in [5.74, 6) is 1.94. The van der Waals surface area contributed by atoms with E-state index in [0.717, 1.165) is 25.7 Å². The molecule has 24 heavy (non-hydrogen) atoms. The number of hydrogen-bond acceptors (Lipinski definition) is 4. The Hall–Kier alpha value is -1.70. The van der Waals surface area contributed by atoms with Crippen molar-refractivity contribution < 1.29 is 19.1 Å². The molecule has 5 heteroatoms. The third-order valence-electron chi connectivity index (χ3n) is 4.28. The number of terminal acetylenes is 1. The number of likely N-dealkylation sites (tertiary alicyclic amines) is 1. The van der Waals surface area contributed by atoms with Crippen LogP contribution in [0.25, 0.3) is 0 Å². The highest BCUT2D eigenvalue weighted by Crippen LogP contribution is 2.19. The van der Waals surface area contributed by atoms with Crippen molar-refractivity contribution in [2.24, 2.45) is 0 Å². The first-order chi connectivity index (χ1) is 11.7. The SMILES string of the molecule is C#CCOC(=O)N1CCCCC1C(=O)OCCCCCCCCC. The predicted octanol–water partition coefficient (Wildman–Crippen LogP) is 3.90. The van der Waals surface area contributed by atoms with Crippen molar-refractivity contribution in [1.82, 2.24) is 4.90 Å². The fourth-order valence-corrected chi connectivity index (χ4v) is 2.91. The molecular formula is C19H31NO4. The zero-order valence-electron chi connectivity index (χ0n) is 14.9. The van der Waals surface area contributed by atoms with Crippen molar-refractivity contribution in [1.29, 1.82) is 0 Å². The molecule has 1 aliphatic heterocycles. The van der Waals surface area contributed by atoms with Gasteiger partial charge in [-0.25, -0.2) is 9.59 Å². The minimum atomic E-state index is -0.534. The summed E-state index contributed by atoms with van der Waals surface area (Å²) < 4.78 is 10.3. The highest BCUT2D eigenvalue weighted by Gasteiger charge is 2.34. The van der Waals surface area contributed by atoms with Crippen molar-refractivity contribution in [3.63, 3.8) is 0 Å². The molecule has 5 nitrogen and oxygen atoms in total. The van der Waals surface area contributed by atoms with Crippen LogP contribution in [0, 0.1) is 12.3 Å². The summed E-state index contributed by atoms with van der Waals surface area (Å²) in [6.45, 7) is 3.07. The number of unbranched alkanes of at least 4 members (excludes halogenated alkanes) is 6. The average Bonchev–Trinajstić information content (AvgIpc) is 2.61. The van der Waals surface area contributed by atoms with Gasteiger partial charge in [0.15, 0.2) is 6.61 Å². The number of piperidine rings is 1. The van der Waals surface area contributed by atoms with Crippen LogP contribution < -0.4 is 0 Å². The molecule has 0 spiro atoms. The number of carbonyl (C=O) groups excluding carboxylic acids is 2. The summed E-state index contributed by atoms with van der Waals surface area (Å²) in [4.78, 5) is 25.7. The first-order valence-corrected chi connectivity index (χ1v) is 9.24. The minimum absolute atomic E-state index is 0.0743. The van der Waals surface area contributed by atoms with Crippen LogP contribution in [0.1, 0.15) is 71.1 Å². The lowest BCUT2D eigenvalue weighted by atomic mass is 10.0. The van der Waals surface area contributed by atoms with Gasteiger partial charge in [0.05, 0.1) is 6.61 Å². The van der Waals surface area contributed by atoms with Gasteiger partial charge >= 0.3 is 12.1 Å².